The molecule has 0 bridgehead atoms. The number of rotatable bonds is 7. The normalized spacial score (nSPS) is 11.6. The smallest absolute Gasteiger partial charge is 0.335 e. The molecule has 0 saturated carbocycles. The Morgan fingerprint density at radius 1 is 1.11 bits per heavy atom. The predicted molar refractivity (Wildman–Crippen MR) is 112 cm³/mol. The minimum Gasteiger partial charge on any atom is -0.504 e. The molecule has 0 amide bonds. The van der Waals surface area contributed by atoms with Crippen molar-refractivity contribution in [1.29, 1.82) is 0 Å². The van der Waals surface area contributed by atoms with Crippen LogP contribution < -0.4 is 4.74 Å². The number of carbonyl (C=O) groups is 1. The first-order valence-corrected chi connectivity index (χ1v) is 9.41. The van der Waals surface area contributed by atoms with E-state index in [2.05, 4.69) is 0 Å². The molecule has 0 spiro atoms. The highest BCUT2D eigenvalue weighted by Gasteiger charge is 2.20. The molecule has 0 radical (unpaired) electrons. The summed E-state index contributed by atoms with van der Waals surface area (Å²) in [6, 6.07) is 17.3. The number of aromatic hydroxyl groups is 1. The number of carboxylic acid groups (broad SMARTS) is 1. The van der Waals surface area contributed by atoms with Crippen LogP contribution in [0.3, 0.4) is 0 Å². The van der Waals surface area contributed by atoms with E-state index in [1.54, 1.807) is 19.1 Å². The van der Waals surface area contributed by atoms with E-state index >= 15 is 0 Å². The van der Waals surface area contributed by atoms with E-state index in [1.807, 2.05) is 55.5 Å². The predicted octanol–water partition coefficient (Wildman–Crippen LogP) is 5.41. The number of fused-ring (bicyclic) bond motifs is 1. The number of ether oxygens (including phenoxy) is 1. The van der Waals surface area contributed by atoms with Gasteiger partial charge >= 0.3 is 5.97 Å². The lowest BCUT2D eigenvalue weighted by Gasteiger charge is -2.17. The first-order valence-electron chi connectivity index (χ1n) is 9.41. The van der Waals surface area contributed by atoms with Crippen LogP contribution >= 0.6 is 0 Å². The average molecular weight is 376 g/mol. The Balaban J connectivity index is 2.27. The Kier molecular flexibility index (Phi) is 5.99. The lowest BCUT2D eigenvalue weighted by molar-refractivity contribution is -0.130. The van der Waals surface area contributed by atoms with Gasteiger partial charge in [0.15, 0.2) is 11.5 Å². The molecule has 28 heavy (non-hydrogen) atoms. The fraction of sp³-hybridized carbons (Fsp3) is 0.208. The Labute approximate surface area is 164 Å². The SMILES string of the molecule is C/C=C(\C(=O)O)c1cc(OCCC)c(O)c2c(Cc3ccccc3)cccc12. The highest BCUT2D eigenvalue weighted by molar-refractivity contribution is 6.20. The van der Waals surface area contributed by atoms with E-state index in [4.69, 9.17) is 4.74 Å². The molecule has 0 fully saturated rings. The maximum absolute atomic E-state index is 11.8. The summed E-state index contributed by atoms with van der Waals surface area (Å²) in [5.74, 6) is -0.644. The maximum Gasteiger partial charge on any atom is 0.335 e. The van der Waals surface area contributed by atoms with Crippen LogP contribution in [-0.2, 0) is 11.2 Å². The first kappa shape index (κ1) is 19.5. The van der Waals surface area contributed by atoms with E-state index in [-0.39, 0.29) is 11.3 Å². The third-order valence-corrected chi connectivity index (χ3v) is 4.69. The first-order chi connectivity index (χ1) is 13.6. The largest absolute Gasteiger partial charge is 0.504 e. The second-order valence-electron chi connectivity index (χ2n) is 6.63. The summed E-state index contributed by atoms with van der Waals surface area (Å²) in [6.07, 6.45) is 2.98. The van der Waals surface area contributed by atoms with Crippen LogP contribution in [0.2, 0.25) is 0 Å². The van der Waals surface area contributed by atoms with Gasteiger partial charge in [-0.1, -0.05) is 61.5 Å². The van der Waals surface area contributed by atoms with E-state index in [9.17, 15) is 15.0 Å². The zero-order valence-corrected chi connectivity index (χ0v) is 16.1. The molecule has 144 valence electrons. The van der Waals surface area contributed by atoms with E-state index in [1.165, 1.54) is 0 Å². The summed E-state index contributed by atoms with van der Waals surface area (Å²) in [5.41, 5.74) is 2.76. The van der Waals surface area contributed by atoms with Crippen molar-refractivity contribution < 1.29 is 19.7 Å². The topological polar surface area (TPSA) is 66.8 Å². The highest BCUT2D eigenvalue weighted by Crippen LogP contribution is 2.42. The molecule has 3 aromatic rings. The van der Waals surface area contributed by atoms with Crippen molar-refractivity contribution in [2.75, 3.05) is 6.61 Å². The van der Waals surface area contributed by atoms with Gasteiger partial charge in [-0.3, -0.25) is 0 Å². The highest BCUT2D eigenvalue weighted by atomic mass is 16.5. The monoisotopic (exact) mass is 376 g/mol. The standard InChI is InChI=1S/C24H24O4/c1-3-13-28-21-15-20(18(4-2)24(26)27)19-12-8-11-17(22(19)23(21)25)14-16-9-6-5-7-10-16/h4-12,15,25H,3,13-14H2,1-2H3,(H,26,27)/b18-4-. The van der Waals surface area contributed by atoms with Gasteiger partial charge in [0.25, 0.3) is 0 Å². The molecule has 3 aromatic carbocycles. The number of phenolic OH excluding ortho intramolecular Hbond substituents is 1. The molecule has 2 N–H and O–H groups in total. The molecule has 0 atom stereocenters. The lowest BCUT2D eigenvalue weighted by Crippen LogP contribution is -2.03. The Morgan fingerprint density at radius 2 is 1.86 bits per heavy atom. The number of aliphatic carboxylic acids is 1. The van der Waals surface area contributed by atoms with Crippen molar-refractivity contribution in [3.05, 3.63) is 77.4 Å². The van der Waals surface area contributed by atoms with Gasteiger partial charge in [-0.2, -0.15) is 0 Å². The number of benzene rings is 3. The van der Waals surface area contributed by atoms with Crippen molar-refractivity contribution >= 4 is 22.3 Å². The molecular formula is C24H24O4. The minimum atomic E-state index is -1.01. The number of carboxylic acids is 1. The average Bonchev–Trinajstić information content (AvgIpc) is 2.70. The van der Waals surface area contributed by atoms with E-state index in [0.29, 0.717) is 35.1 Å². The molecule has 4 heteroatoms. The van der Waals surface area contributed by atoms with Crippen molar-refractivity contribution in [2.24, 2.45) is 0 Å². The van der Waals surface area contributed by atoms with Crippen molar-refractivity contribution in [2.45, 2.75) is 26.7 Å². The summed E-state index contributed by atoms with van der Waals surface area (Å²) in [5, 5.41) is 22.0. The summed E-state index contributed by atoms with van der Waals surface area (Å²) in [4.78, 5) is 11.8. The maximum atomic E-state index is 11.8. The van der Waals surface area contributed by atoms with Gasteiger partial charge in [-0.05, 0) is 42.3 Å². The zero-order valence-electron chi connectivity index (χ0n) is 16.1. The zero-order chi connectivity index (χ0) is 20.1. The molecule has 0 unspecified atom stereocenters. The number of phenols is 1. The van der Waals surface area contributed by atoms with Crippen LogP contribution in [0.5, 0.6) is 11.5 Å². The fourth-order valence-corrected chi connectivity index (χ4v) is 3.41. The second kappa shape index (κ2) is 8.61. The Morgan fingerprint density at radius 3 is 2.50 bits per heavy atom. The number of hydrogen-bond acceptors (Lipinski definition) is 3. The Hall–Kier alpha value is -3.27. The molecule has 0 heterocycles. The van der Waals surface area contributed by atoms with Gasteiger partial charge in [-0.15, -0.1) is 0 Å². The molecule has 4 nitrogen and oxygen atoms in total. The molecule has 0 aromatic heterocycles. The van der Waals surface area contributed by atoms with Crippen molar-refractivity contribution in [1.82, 2.24) is 0 Å². The van der Waals surface area contributed by atoms with Crippen molar-refractivity contribution in [3.63, 3.8) is 0 Å². The van der Waals surface area contributed by atoms with Gasteiger partial charge in [0.05, 0.1) is 12.2 Å². The summed E-state index contributed by atoms with van der Waals surface area (Å²) in [6.45, 7) is 4.12. The van der Waals surface area contributed by atoms with Gasteiger partial charge in [0, 0.05) is 10.9 Å². The van der Waals surface area contributed by atoms with Gasteiger partial charge in [0.1, 0.15) is 0 Å². The Bertz CT molecular complexity index is 1020. The number of hydrogen-bond donors (Lipinski definition) is 2. The lowest BCUT2D eigenvalue weighted by atomic mass is 9.92. The minimum absolute atomic E-state index is 0.0552. The van der Waals surface area contributed by atoms with E-state index in [0.717, 1.165) is 17.5 Å². The van der Waals surface area contributed by atoms with Crippen molar-refractivity contribution in [3.8, 4) is 11.5 Å². The van der Waals surface area contributed by atoms with Gasteiger partial charge in [0.2, 0.25) is 0 Å². The van der Waals surface area contributed by atoms with Crippen LogP contribution in [0.1, 0.15) is 37.0 Å². The van der Waals surface area contributed by atoms with Crippen LogP contribution in [0.25, 0.3) is 16.3 Å². The van der Waals surface area contributed by atoms with E-state index < -0.39 is 5.97 Å². The third-order valence-electron chi connectivity index (χ3n) is 4.69. The quantitative estimate of drug-likeness (QED) is 0.541. The van der Waals surface area contributed by atoms with Crippen LogP contribution in [0.15, 0.2) is 60.7 Å². The molecule has 0 aliphatic carbocycles. The third kappa shape index (κ3) is 3.86. The summed E-state index contributed by atoms with van der Waals surface area (Å²) >= 11 is 0. The van der Waals surface area contributed by atoms with Gasteiger partial charge in [-0.25, -0.2) is 4.79 Å². The molecule has 0 saturated heterocycles. The summed E-state index contributed by atoms with van der Waals surface area (Å²) < 4.78 is 5.74. The van der Waals surface area contributed by atoms with Crippen LogP contribution in [0, 0.1) is 0 Å². The molecule has 0 aliphatic heterocycles. The van der Waals surface area contributed by atoms with Gasteiger partial charge < -0.3 is 14.9 Å². The fourth-order valence-electron chi connectivity index (χ4n) is 3.41. The molecular weight excluding hydrogens is 352 g/mol. The second-order valence-corrected chi connectivity index (χ2v) is 6.63. The molecule has 3 rings (SSSR count). The van der Waals surface area contributed by atoms with Crippen LogP contribution in [-0.4, -0.2) is 22.8 Å². The summed E-state index contributed by atoms with van der Waals surface area (Å²) in [7, 11) is 0. The van der Waals surface area contributed by atoms with Crippen LogP contribution in [0.4, 0.5) is 0 Å². The number of allylic oxidation sites excluding steroid dienone is 1. The molecule has 0 aliphatic rings.